The standard InChI is InChI=1S/C9H12N6O2S/c1-15-8(10)13-14-9(15)18-4-6-2-5(3-17-6)7(16)12-11/h2-3H,4,11H2,1H3,(H2,10,13)(H,12,16). The molecule has 0 aliphatic heterocycles. The second kappa shape index (κ2) is 5.10. The summed E-state index contributed by atoms with van der Waals surface area (Å²) in [6, 6.07) is 1.62. The van der Waals surface area contributed by atoms with Crippen LogP contribution in [0, 0.1) is 0 Å². The van der Waals surface area contributed by atoms with E-state index in [1.165, 1.54) is 18.0 Å². The van der Waals surface area contributed by atoms with Crippen molar-refractivity contribution in [3.05, 3.63) is 23.7 Å². The molecule has 96 valence electrons. The normalized spacial score (nSPS) is 10.6. The van der Waals surface area contributed by atoms with Crippen LogP contribution in [0.15, 0.2) is 21.9 Å². The number of amides is 1. The molecule has 0 aliphatic rings. The molecule has 9 heteroatoms. The highest BCUT2D eigenvalue weighted by Crippen LogP contribution is 2.22. The topological polar surface area (TPSA) is 125 Å². The maximum absolute atomic E-state index is 11.2. The number of thioether (sulfide) groups is 1. The summed E-state index contributed by atoms with van der Waals surface area (Å²) in [5, 5.41) is 8.31. The van der Waals surface area contributed by atoms with Crippen molar-refractivity contribution in [2.75, 3.05) is 5.73 Å². The number of nitrogens with one attached hydrogen (secondary N) is 1. The summed E-state index contributed by atoms with van der Waals surface area (Å²) >= 11 is 1.41. The minimum Gasteiger partial charge on any atom is -0.468 e. The zero-order valence-corrected chi connectivity index (χ0v) is 10.4. The van der Waals surface area contributed by atoms with Gasteiger partial charge in [-0.25, -0.2) is 5.84 Å². The van der Waals surface area contributed by atoms with Gasteiger partial charge in [-0.2, -0.15) is 0 Å². The van der Waals surface area contributed by atoms with Gasteiger partial charge in [0.25, 0.3) is 5.91 Å². The van der Waals surface area contributed by atoms with Crippen molar-refractivity contribution in [3.63, 3.8) is 0 Å². The van der Waals surface area contributed by atoms with E-state index in [4.69, 9.17) is 16.0 Å². The smallest absolute Gasteiger partial charge is 0.268 e. The number of nitrogen functional groups attached to an aromatic ring is 2. The first kappa shape index (κ1) is 12.5. The van der Waals surface area contributed by atoms with Crippen LogP contribution in [0.25, 0.3) is 0 Å². The molecule has 2 aromatic heterocycles. The maximum atomic E-state index is 11.2. The first-order chi connectivity index (χ1) is 8.61. The van der Waals surface area contributed by atoms with Crippen molar-refractivity contribution in [2.45, 2.75) is 10.9 Å². The predicted octanol–water partition coefficient (Wildman–Crippen LogP) is -0.114. The molecule has 0 saturated carbocycles. The van der Waals surface area contributed by atoms with Crippen molar-refractivity contribution in [1.82, 2.24) is 20.2 Å². The molecule has 2 heterocycles. The van der Waals surface area contributed by atoms with Gasteiger partial charge in [-0.05, 0) is 6.07 Å². The lowest BCUT2D eigenvalue weighted by Gasteiger charge is -1.98. The molecular formula is C9H12N6O2S. The number of nitrogens with zero attached hydrogens (tertiary/aromatic N) is 3. The van der Waals surface area contributed by atoms with Crippen LogP contribution in [0.1, 0.15) is 16.1 Å². The number of hydrazine groups is 1. The molecule has 8 nitrogen and oxygen atoms in total. The van der Waals surface area contributed by atoms with E-state index < -0.39 is 5.91 Å². The zero-order valence-electron chi connectivity index (χ0n) is 9.58. The Morgan fingerprint density at radius 2 is 2.39 bits per heavy atom. The Morgan fingerprint density at radius 3 is 3.00 bits per heavy atom. The minimum absolute atomic E-state index is 0.347. The van der Waals surface area contributed by atoms with E-state index in [0.717, 1.165) is 0 Å². The summed E-state index contributed by atoms with van der Waals surface area (Å²) in [7, 11) is 1.77. The quantitative estimate of drug-likeness (QED) is 0.305. The second-order valence-electron chi connectivity index (χ2n) is 3.46. The number of carbonyl (C=O) groups excluding carboxylic acids is 1. The lowest BCUT2D eigenvalue weighted by atomic mass is 10.3. The second-order valence-corrected chi connectivity index (χ2v) is 4.41. The largest absolute Gasteiger partial charge is 0.468 e. The highest BCUT2D eigenvalue weighted by Gasteiger charge is 2.11. The number of nitrogens with two attached hydrogens (primary N) is 2. The van der Waals surface area contributed by atoms with Gasteiger partial charge in [-0.15, -0.1) is 10.2 Å². The van der Waals surface area contributed by atoms with Crippen LogP contribution < -0.4 is 17.0 Å². The van der Waals surface area contributed by atoms with Crippen LogP contribution in [0.5, 0.6) is 0 Å². The Kier molecular flexibility index (Phi) is 3.53. The molecule has 18 heavy (non-hydrogen) atoms. The summed E-state index contributed by atoms with van der Waals surface area (Å²) in [5.41, 5.74) is 7.97. The molecule has 0 aliphatic carbocycles. The van der Waals surface area contributed by atoms with E-state index in [-0.39, 0.29) is 0 Å². The molecule has 0 saturated heterocycles. The van der Waals surface area contributed by atoms with Crippen molar-refractivity contribution < 1.29 is 9.21 Å². The van der Waals surface area contributed by atoms with Gasteiger partial charge in [-0.3, -0.25) is 14.8 Å². The fraction of sp³-hybridized carbons (Fsp3) is 0.222. The minimum atomic E-state index is -0.391. The van der Waals surface area contributed by atoms with Crippen LogP contribution >= 0.6 is 11.8 Å². The number of hydrogen-bond acceptors (Lipinski definition) is 7. The van der Waals surface area contributed by atoms with Gasteiger partial charge in [0.1, 0.15) is 12.0 Å². The van der Waals surface area contributed by atoms with E-state index >= 15 is 0 Å². The first-order valence-corrected chi connectivity index (χ1v) is 5.96. The number of anilines is 1. The van der Waals surface area contributed by atoms with Gasteiger partial charge in [-0.1, -0.05) is 11.8 Å². The maximum Gasteiger partial charge on any atom is 0.268 e. The Labute approximate surface area is 107 Å². The van der Waals surface area contributed by atoms with Gasteiger partial charge >= 0.3 is 0 Å². The monoisotopic (exact) mass is 268 g/mol. The number of aromatic nitrogens is 3. The summed E-state index contributed by atoms with van der Waals surface area (Å²) in [6.07, 6.45) is 1.35. The zero-order chi connectivity index (χ0) is 13.1. The summed E-state index contributed by atoms with van der Waals surface area (Å²) in [4.78, 5) is 11.2. The highest BCUT2D eigenvalue weighted by atomic mass is 32.2. The fourth-order valence-corrected chi connectivity index (χ4v) is 2.05. The van der Waals surface area contributed by atoms with Gasteiger partial charge in [0.15, 0.2) is 5.16 Å². The third-order valence-corrected chi connectivity index (χ3v) is 3.30. The molecule has 2 aromatic rings. The van der Waals surface area contributed by atoms with Crippen molar-refractivity contribution in [3.8, 4) is 0 Å². The van der Waals surface area contributed by atoms with E-state index in [9.17, 15) is 4.79 Å². The predicted molar refractivity (Wildman–Crippen MR) is 65.3 cm³/mol. The number of carbonyl (C=O) groups is 1. The van der Waals surface area contributed by atoms with Crippen molar-refractivity contribution >= 4 is 23.6 Å². The van der Waals surface area contributed by atoms with E-state index in [1.54, 1.807) is 17.7 Å². The third-order valence-electron chi connectivity index (χ3n) is 2.26. The van der Waals surface area contributed by atoms with E-state index in [0.29, 0.717) is 28.2 Å². The van der Waals surface area contributed by atoms with Crippen LogP contribution in [-0.4, -0.2) is 20.7 Å². The molecule has 0 atom stereocenters. The SMILES string of the molecule is Cn1c(N)nnc1SCc1cc(C(=O)NN)co1. The Morgan fingerprint density at radius 1 is 1.61 bits per heavy atom. The number of hydrogen-bond donors (Lipinski definition) is 3. The van der Waals surface area contributed by atoms with Crippen LogP contribution in [-0.2, 0) is 12.8 Å². The van der Waals surface area contributed by atoms with E-state index in [1.807, 2.05) is 5.43 Å². The Hall–Kier alpha value is -2.00. The summed E-state index contributed by atoms with van der Waals surface area (Å²) in [6.45, 7) is 0. The number of furan rings is 1. The lowest BCUT2D eigenvalue weighted by molar-refractivity contribution is 0.0953. The van der Waals surface area contributed by atoms with Crippen LogP contribution in [0.2, 0.25) is 0 Å². The number of rotatable bonds is 4. The summed E-state index contributed by atoms with van der Waals surface area (Å²) in [5.74, 6) is 6.13. The third kappa shape index (κ3) is 2.46. The molecule has 0 aromatic carbocycles. The average Bonchev–Trinajstić information content (AvgIpc) is 2.96. The molecule has 0 bridgehead atoms. The molecule has 1 amide bonds. The average molecular weight is 268 g/mol. The molecule has 2 rings (SSSR count). The lowest BCUT2D eigenvalue weighted by Crippen LogP contribution is -2.29. The first-order valence-electron chi connectivity index (χ1n) is 4.98. The Balaban J connectivity index is 2.00. The van der Waals surface area contributed by atoms with Crippen molar-refractivity contribution in [1.29, 1.82) is 0 Å². The van der Waals surface area contributed by atoms with Gasteiger partial charge in [0.2, 0.25) is 5.95 Å². The van der Waals surface area contributed by atoms with Crippen LogP contribution in [0.4, 0.5) is 5.95 Å². The Bertz CT molecular complexity index is 563. The highest BCUT2D eigenvalue weighted by molar-refractivity contribution is 7.98. The summed E-state index contributed by atoms with van der Waals surface area (Å²) < 4.78 is 6.90. The van der Waals surface area contributed by atoms with Gasteiger partial charge < -0.3 is 10.2 Å². The molecule has 0 radical (unpaired) electrons. The van der Waals surface area contributed by atoms with E-state index in [2.05, 4.69) is 10.2 Å². The molecule has 5 N–H and O–H groups in total. The molecule has 0 unspecified atom stereocenters. The fourth-order valence-electron chi connectivity index (χ4n) is 1.25. The van der Waals surface area contributed by atoms with Gasteiger partial charge in [0, 0.05) is 7.05 Å². The molecular weight excluding hydrogens is 256 g/mol. The molecule has 0 spiro atoms. The van der Waals surface area contributed by atoms with Crippen LogP contribution in [0.3, 0.4) is 0 Å². The van der Waals surface area contributed by atoms with Crippen molar-refractivity contribution in [2.24, 2.45) is 12.9 Å². The van der Waals surface area contributed by atoms with Gasteiger partial charge in [0.05, 0.1) is 11.3 Å². The molecule has 0 fully saturated rings.